The number of fused-ring (bicyclic) bond motifs is 1. The maximum Gasteiger partial charge on any atom is 0.325 e. The molecule has 0 aliphatic carbocycles. The van der Waals surface area contributed by atoms with Crippen LogP contribution in [0, 0.1) is 0 Å². The topological polar surface area (TPSA) is 146 Å². The fourth-order valence-electron chi connectivity index (χ4n) is 1.92. The first-order valence-corrected chi connectivity index (χ1v) is 8.76. The van der Waals surface area contributed by atoms with E-state index in [0.29, 0.717) is 11.2 Å². The summed E-state index contributed by atoms with van der Waals surface area (Å²) in [4.78, 5) is 29.8. The smallest absolute Gasteiger partial charge is 0.325 e. The third kappa shape index (κ3) is 5.10. The minimum atomic E-state index is -4.09. The summed E-state index contributed by atoms with van der Waals surface area (Å²) in [6.45, 7) is 0.253. The first kappa shape index (κ1) is 18.1. The van der Waals surface area contributed by atoms with Gasteiger partial charge in [-0.3, -0.25) is 9.13 Å². The largest absolute Gasteiger partial charge is 0.382 e. The lowest BCUT2D eigenvalue weighted by atomic mass is 10.3. The predicted molar refractivity (Wildman–Crippen MR) is 83.0 cm³/mol. The summed E-state index contributed by atoms with van der Waals surface area (Å²) < 4.78 is 23.1. The highest BCUT2D eigenvalue weighted by atomic mass is 35.5. The molecule has 2 aromatic heterocycles. The van der Waals surface area contributed by atoms with Crippen LogP contribution in [0.3, 0.4) is 0 Å². The number of hydrogen-bond donors (Lipinski definition) is 3. The quantitative estimate of drug-likeness (QED) is 0.452. The summed E-state index contributed by atoms with van der Waals surface area (Å²) >= 11 is 5.93. The Morgan fingerprint density at radius 3 is 2.87 bits per heavy atom. The van der Waals surface area contributed by atoms with Gasteiger partial charge >= 0.3 is 7.60 Å². The van der Waals surface area contributed by atoms with Gasteiger partial charge in [0.15, 0.2) is 10.8 Å². The van der Waals surface area contributed by atoms with Crippen LogP contribution in [0.15, 0.2) is 6.33 Å². The summed E-state index contributed by atoms with van der Waals surface area (Å²) in [5.74, 6) is 0.0131. The fraction of sp³-hybridized carbons (Fsp3) is 0.545. The standard InChI is InChI=1S/C11H17ClN5O5P/c1-21-4-7(2-3-23(18,19)20)22-6-17-5-14-8-9(12)15-11(13)16-10(8)17/h5,7H,2-4,6H2,1H3,(H2,13,15,16)(H2,18,19,20). The Labute approximate surface area is 136 Å². The molecule has 0 saturated carbocycles. The summed E-state index contributed by atoms with van der Waals surface area (Å²) in [6, 6.07) is 0. The van der Waals surface area contributed by atoms with Crippen LogP contribution >= 0.6 is 19.2 Å². The Morgan fingerprint density at radius 1 is 1.48 bits per heavy atom. The summed E-state index contributed by atoms with van der Waals surface area (Å²) in [6.07, 6.45) is 0.854. The molecule has 0 saturated heterocycles. The van der Waals surface area contributed by atoms with Crippen molar-refractivity contribution >= 4 is 36.3 Å². The van der Waals surface area contributed by atoms with E-state index in [1.165, 1.54) is 13.4 Å². The van der Waals surface area contributed by atoms with Crippen LogP contribution in [-0.4, -0.2) is 55.3 Å². The highest BCUT2D eigenvalue weighted by Gasteiger charge is 2.19. The molecule has 0 aliphatic rings. The van der Waals surface area contributed by atoms with Crippen LogP contribution in [0.5, 0.6) is 0 Å². The van der Waals surface area contributed by atoms with E-state index in [-0.39, 0.29) is 37.0 Å². The number of hydrogen-bond acceptors (Lipinski definition) is 7. The van der Waals surface area contributed by atoms with Crippen molar-refractivity contribution in [3.63, 3.8) is 0 Å². The van der Waals surface area contributed by atoms with Crippen molar-refractivity contribution in [3.8, 4) is 0 Å². The molecule has 2 rings (SSSR count). The van der Waals surface area contributed by atoms with Gasteiger partial charge < -0.3 is 25.0 Å². The number of halogens is 1. The van der Waals surface area contributed by atoms with Gasteiger partial charge in [0.2, 0.25) is 5.95 Å². The Morgan fingerprint density at radius 2 is 2.22 bits per heavy atom. The zero-order chi connectivity index (χ0) is 17.0. The van der Waals surface area contributed by atoms with Crippen LogP contribution in [-0.2, 0) is 20.8 Å². The molecule has 1 atom stereocenters. The Hall–Kier alpha value is -1.29. The van der Waals surface area contributed by atoms with E-state index >= 15 is 0 Å². The van der Waals surface area contributed by atoms with E-state index < -0.39 is 13.7 Å². The molecule has 1 unspecified atom stereocenters. The van der Waals surface area contributed by atoms with Crippen LogP contribution in [0.4, 0.5) is 5.95 Å². The average molecular weight is 366 g/mol. The normalized spacial score (nSPS) is 13.6. The van der Waals surface area contributed by atoms with Crippen LogP contribution < -0.4 is 5.73 Å². The van der Waals surface area contributed by atoms with E-state index in [0.717, 1.165) is 0 Å². The second-order valence-corrected chi connectivity index (χ2v) is 6.94. The number of rotatable bonds is 8. The molecule has 0 bridgehead atoms. The number of anilines is 1. The van der Waals surface area contributed by atoms with Crippen molar-refractivity contribution in [2.45, 2.75) is 19.3 Å². The molecule has 10 nitrogen and oxygen atoms in total. The summed E-state index contributed by atoms with van der Waals surface area (Å²) in [7, 11) is -2.61. The third-order valence-corrected chi connectivity index (χ3v) is 4.09. The lowest BCUT2D eigenvalue weighted by Gasteiger charge is -2.17. The van der Waals surface area contributed by atoms with Crippen molar-refractivity contribution in [3.05, 3.63) is 11.5 Å². The second kappa shape index (κ2) is 7.52. The third-order valence-electron chi connectivity index (χ3n) is 2.98. The molecule has 2 heterocycles. The second-order valence-electron chi connectivity index (χ2n) is 4.81. The van der Waals surface area contributed by atoms with Gasteiger partial charge in [-0.2, -0.15) is 9.97 Å². The number of nitrogens with two attached hydrogens (primary N) is 1. The van der Waals surface area contributed by atoms with E-state index in [1.54, 1.807) is 4.57 Å². The zero-order valence-electron chi connectivity index (χ0n) is 12.3. The molecule has 0 spiro atoms. The molecule has 12 heteroatoms. The highest BCUT2D eigenvalue weighted by Crippen LogP contribution is 2.35. The number of imidazole rings is 1. The minimum absolute atomic E-state index is 0.0131. The minimum Gasteiger partial charge on any atom is -0.382 e. The van der Waals surface area contributed by atoms with Crippen LogP contribution in [0.1, 0.15) is 6.42 Å². The van der Waals surface area contributed by atoms with Gasteiger partial charge in [0.05, 0.1) is 25.2 Å². The molecule has 0 radical (unpaired) electrons. The predicted octanol–water partition coefficient (Wildman–Crippen LogP) is 0.619. The van der Waals surface area contributed by atoms with Gasteiger partial charge in [0, 0.05) is 7.11 Å². The zero-order valence-corrected chi connectivity index (χ0v) is 13.9. The number of methoxy groups -OCH3 is 1. The van der Waals surface area contributed by atoms with Gasteiger partial charge in [0.25, 0.3) is 0 Å². The molecular formula is C11H17ClN5O5P. The van der Waals surface area contributed by atoms with Crippen LogP contribution in [0.2, 0.25) is 5.15 Å². The molecule has 0 amide bonds. The molecule has 0 aromatic carbocycles. The molecule has 23 heavy (non-hydrogen) atoms. The van der Waals surface area contributed by atoms with Crippen molar-refractivity contribution in [1.29, 1.82) is 0 Å². The van der Waals surface area contributed by atoms with Crippen molar-refractivity contribution < 1.29 is 23.8 Å². The molecule has 4 N–H and O–H groups in total. The highest BCUT2D eigenvalue weighted by molar-refractivity contribution is 7.51. The molecule has 128 valence electrons. The molecule has 0 fully saturated rings. The summed E-state index contributed by atoms with van der Waals surface area (Å²) in [5.41, 5.74) is 6.36. The summed E-state index contributed by atoms with van der Waals surface area (Å²) in [5, 5.41) is 0.140. The van der Waals surface area contributed by atoms with Gasteiger partial charge in [-0.05, 0) is 6.42 Å². The maximum atomic E-state index is 11.0. The van der Waals surface area contributed by atoms with Gasteiger partial charge in [-0.1, -0.05) is 11.6 Å². The van der Waals surface area contributed by atoms with Crippen molar-refractivity contribution in [2.75, 3.05) is 25.6 Å². The Kier molecular flexibility index (Phi) is 5.90. The molecule has 2 aromatic rings. The first-order valence-electron chi connectivity index (χ1n) is 6.59. The SMILES string of the molecule is COCC(CCP(=O)(O)O)OCn1cnc2c(Cl)nc(N)nc21. The van der Waals surface area contributed by atoms with Gasteiger partial charge in [0.1, 0.15) is 12.2 Å². The first-order chi connectivity index (χ1) is 10.8. The van der Waals surface area contributed by atoms with Gasteiger partial charge in [-0.25, -0.2) is 4.98 Å². The number of nitrogens with zero attached hydrogens (tertiary/aromatic N) is 4. The van der Waals surface area contributed by atoms with E-state index in [9.17, 15) is 4.57 Å². The molecular weight excluding hydrogens is 349 g/mol. The monoisotopic (exact) mass is 365 g/mol. The lowest BCUT2D eigenvalue weighted by molar-refractivity contribution is -0.0346. The van der Waals surface area contributed by atoms with Gasteiger partial charge in [-0.15, -0.1) is 0 Å². The fourth-order valence-corrected chi connectivity index (χ4v) is 2.76. The molecule has 0 aliphatic heterocycles. The Bertz CT molecular complexity index is 720. The van der Waals surface area contributed by atoms with Crippen LogP contribution in [0.25, 0.3) is 11.2 Å². The number of nitrogen functional groups attached to an aromatic ring is 1. The Balaban J connectivity index is 2.07. The lowest BCUT2D eigenvalue weighted by Crippen LogP contribution is -2.22. The van der Waals surface area contributed by atoms with E-state index in [4.69, 9.17) is 36.6 Å². The average Bonchev–Trinajstić information content (AvgIpc) is 2.84. The van der Waals surface area contributed by atoms with E-state index in [1.807, 2.05) is 0 Å². The van der Waals surface area contributed by atoms with Crippen molar-refractivity contribution in [2.24, 2.45) is 0 Å². The number of aromatic nitrogens is 4. The maximum absolute atomic E-state index is 11.0. The number of ether oxygens (including phenoxy) is 2. The van der Waals surface area contributed by atoms with E-state index in [2.05, 4.69) is 15.0 Å². The van der Waals surface area contributed by atoms with Crippen molar-refractivity contribution in [1.82, 2.24) is 19.5 Å².